The van der Waals surface area contributed by atoms with E-state index in [-0.39, 0.29) is 5.56 Å². The number of allylic oxidation sites excluding steroid dienone is 1. The Labute approximate surface area is 149 Å². The van der Waals surface area contributed by atoms with Gasteiger partial charge in [0.05, 0.1) is 6.61 Å². The highest BCUT2D eigenvalue weighted by Crippen LogP contribution is 2.25. The van der Waals surface area contributed by atoms with Crippen molar-refractivity contribution in [1.29, 1.82) is 0 Å². The molecule has 3 rings (SSSR count). The molecule has 0 amide bonds. The first-order valence-corrected chi connectivity index (χ1v) is 8.14. The monoisotopic (exact) mass is 354 g/mol. The van der Waals surface area contributed by atoms with Crippen molar-refractivity contribution in [3.8, 4) is 5.75 Å². The highest BCUT2D eigenvalue weighted by Gasteiger charge is 2.13. The lowest BCUT2D eigenvalue weighted by atomic mass is 10.1. The largest absolute Gasteiger partial charge is 0.490 e. The zero-order chi connectivity index (χ0) is 17.8. The smallest absolute Gasteiger partial charge is 0.347 e. The van der Waals surface area contributed by atoms with Gasteiger partial charge in [-0.3, -0.25) is 4.79 Å². The predicted molar refractivity (Wildman–Crippen MR) is 98.5 cm³/mol. The van der Waals surface area contributed by atoms with Crippen LogP contribution in [0.1, 0.15) is 22.8 Å². The first-order chi connectivity index (χ1) is 12.1. The van der Waals surface area contributed by atoms with Crippen LogP contribution in [0, 0.1) is 0 Å². The number of carbonyl (C=O) groups excluding carboxylic acids is 1. The Morgan fingerprint density at radius 1 is 1.20 bits per heavy atom. The molecule has 0 spiro atoms. The van der Waals surface area contributed by atoms with Crippen LogP contribution in [0.2, 0.25) is 5.02 Å². The first kappa shape index (κ1) is 17.0. The summed E-state index contributed by atoms with van der Waals surface area (Å²) in [5.41, 5.74) is 0.436. The summed E-state index contributed by atoms with van der Waals surface area (Å²) in [4.78, 5) is 24.5. The molecule has 0 bridgehead atoms. The van der Waals surface area contributed by atoms with Gasteiger partial charge in [0.1, 0.15) is 5.56 Å². The summed E-state index contributed by atoms with van der Waals surface area (Å²) in [5, 5.41) is 1.25. The van der Waals surface area contributed by atoms with Gasteiger partial charge in [0.15, 0.2) is 17.1 Å². The Kier molecular flexibility index (Phi) is 5.00. The molecular weight excluding hydrogens is 340 g/mol. The third-order valence-corrected chi connectivity index (χ3v) is 3.84. The minimum Gasteiger partial charge on any atom is -0.490 e. The summed E-state index contributed by atoms with van der Waals surface area (Å²) < 4.78 is 10.8. The van der Waals surface area contributed by atoms with Crippen molar-refractivity contribution in [2.24, 2.45) is 0 Å². The Morgan fingerprint density at radius 3 is 2.68 bits per heavy atom. The van der Waals surface area contributed by atoms with Crippen LogP contribution in [0.4, 0.5) is 0 Å². The van der Waals surface area contributed by atoms with Crippen LogP contribution in [0.15, 0.2) is 63.8 Å². The molecule has 5 heteroatoms. The first-order valence-electron chi connectivity index (χ1n) is 7.76. The molecular formula is C20H15ClO4. The van der Waals surface area contributed by atoms with E-state index in [2.05, 4.69) is 0 Å². The summed E-state index contributed by atoms with van der Waals surface area (Å²) in [6, 6.07) is 13.8. The fraction of sp³-hybridized carbons (Fsp3) is 0.100. The maximum atomic E-state index is 12.4. The molecule has 3 aromatic rings. The van der Waals surface area contributed by atoms with Crippen molar-refractivity contribution in [3.63, 3.8) is 0 Å². The number of fused-ring (bicyclic) bond motifs is 1. The van der Waals surface area contributed by atoms with Crippen molar-refractivity contribution in [3.05, 3.63) is 81.2 Å². The number of hydrogen-bond donors (Lipinski definition) is 0. The quantitative estimate of drug-likeness (QED) is 0.377. The molecule has 0 radical (unpaired) electrons. The van der Waals surface area contributed by atoms with Crippen LogP contribution >= 0.6 is 11.6 Å². The molecule has 2 aromatic carbocycles. The molecule has 0 atom stereocenters. The van der Waals surface area contributed by atoms with Gasteiger partial charge >= 0.3 is 5.63 Å². The number of hydrogen-bond acceptors (Lipinski definition) is 4. The maximum Gasteiger partial charge on any atom is 0.347 e. The van der Waals surface area contributed by atoms with Crippen LogP contribution in [-0.2, 0) is 0 Å². The van der Waals surface area contributed by atoms with Crippen LogP contribution in [-0.4, -0.2) is 12.4 Å². The summed E-state index contributed by atoms with van der Waals surface area (Å²) in [7, 11) is 0. The summed E-state index contributed by atoms with van der Waals surface area (Å²) in [6.45, 7) is 2.30. The minimum atomic E-state index is -0.689. The van der Waals surface area contributed by atoms with Crippen LogP contribution < -0.4 is 10.4 Å². The van der Waals surface area contributed by atoms with E-state index in [0.29, 0.717) is 28.3 Å². The molecule has 0 unspecified atom stereocenters. The SMILES string of the molecule is CCOc1cccc2cc(C(=O)/C=C/c3ccc(Cl)cc3)c(=O)oc12. The number of para-hydroxylation sites is 1. The lowest BCUT2D eigenvalue weighted by molar-refractivity contribution is 0.104. The van der Waals surface area contributed by atoms with Gasteiger partial charge in [-0.15, -0.1) is 0 Å². The Hall–Kier alpha value is -2.85. The van der Waals surface area contributed by atoms with Crippen LogP contribution in [0.25, 0.3) is 17.0 Å². The molecule has 0 saturated heterocycles. The van der Waals surface area contributed by atoms with E-state index < -0.39 is 11.4 Å². The van der Waals surface area contributed by atoms with Gasteiger partial charge in [0.25, 0.3) is 0 Å². The van der Waals surface area contributed by atoms with E-state index in [1.807, 2.05) is 6.92 Å². The second-order valence-corrected chi connectivity index (χ2v) is 5.74. The summed E-state index contributed by atoms with van der Waals surface area (Å²) >= 11 is 5.83. The molecule has 25 heavy (non-hydrogen) atoms. The zero-order valence-corrected chi connectivity index (χ0v) is 14.2. The van der Waals surface area contributed by atoms with Crippen LogP contribution in [0.5, 0.6) is 5.75 Å². The van der Waals surface area contributed by atoms with Gasteiger partial charge in [0, 0.05) is 10.4 Å². The Morgan fingerprint density at radius 2 is 1.96 bits per heavy atom. The third kappa shape index (κ3) is 3.80. The van der Waals surface area contributed by atoms with E-state index in [4.69, 9.17) is 20.8 Å². The van der Waals surface area contributed by atoms with Crippen molar-refractivity contribution in [1.82, 2.24) is 0 Å². The number of ketones is 1. The van der Waals surface area contributed by atoms with E-state index in [1.54, 1.807) is 48.5 Å². The predicted octanol–water partition coefficient (Wildman–Crippen LogP) is 4.74. The van der Waals surface area contributed by atoms with Crippen molar-refractivity contribution in [2.45, 2.75) is 6.92 Å². The molecule has 0 fully saturated rings. The fourth-order valence-electron chi connectivity index (χ4n) is 2.39. The Balaban J connectivity index is 1.95. The minimum absolute atomic E-state index is 0.0219. The van der Waals surface area contributed by atoms with Gasteiger partial charge in [-0.25, -0.2) is 4.79 Å². The molecule has 0 aliphatic rings. The van der Waals surface area contributed by atoms with E-state index in [0.717, 1.165) is 5.56 Å². The van der Waals surface area contributed by atoms with Gasteiger partial charge in [-0.05, 0) is 42.8 Å². The third-order valence-electron chi connectivity index (χ3n) is 3.59. The van der Waals surface area contributed by atoms with E-state index in [9.17, 15) is 9.59 Å². The fourth-order valence-corrected chi connectivity index (χ4v) is 2.52. The normalized spacial score (nSPS) is 11.1. The average Bonchev–Trinajstić information content (AvgIpc) is 2.61. The molecule has 0 aliphatic heterocycles. The Bertz CT molecular complexity index is 1000. The van der Waals surface area contributed by atoms with Crippen LogP contribution in [0.3, 0.4) is 0 Å². The van der Waals surface area contributed by atoms with Gasteiger partial charge < -0.3 is 9.15 Å². The van der Waals surface area contributed by atoms with Crippen molar-refractivity contribution >= 4 is 34.4 Å². The number of benzene rings is 2. The number of ether oxygens (including phenoxy) is 1. The molecule has 4 nitrogen and oxygen atoms in total. The second kappa shape index (κ2) is 7.36. The molecule has 0 N–H and O–H groups in total. The lowest BCUT2D eigenvalue weighted by Crippen LogP contribution is -2.12. The van der Waals surface area contributed by atoms with E-state index in [1.165, 1.54) is 12.1 Å². The van der Waals surface area contributed by atoms with Gasteiger partial charge in [-0.2, -0.15) is 0 Å². The van der Waals surface area contributed by atoms with E-state index >= 15 is 0 Å². The maximum absolute atomic E-state index is 12.4. The standard InChI is InChI=1S/C20H15ClO4/c1-2-24-18-5-3-4-14-12-16(20(23)25-19(14)18)17(22)11-8-13-6-9-15(21)10-7-13/h3-12H,2H2,1H3/b11-8+. The molecule has 126 valence electrons. The molecule has 0 saturated carbocycles. The number of rotatable bonds is 5. The molecule has 1 aromatic heterocycles. The zero-order valence-electron chi connectivity index (χ0n) is 13.5. The summed E-state index contributed by atoms with van der Waals surface area (Å²) in [6.07, 6.45) is 2.96. The number of carbonyl (C=O) groups is 1. The number of halogens is 1. The topological polar surface area (TPSA) is 56.5 Å². The highest BCUT2D eigenvalue weighted by atomic mass is 35.5. The highest BCUT2D eigenvalue weighted by molar-refractivity contribution is 6.30. The molecule has 1 heterocycles. The average molecular weight is 355 g/mol. The summed E-state index contributed by atoms with van der Waals surface area (Å²) in [5.74, 6) is 0.0558. The van der Waals surface area contributed by atoms with Crippen molar-refractivity contribution in [2.75, 3.05) is 6.61 Å². The lowest BCUT2D eigenvalue weighted by Gasteiger charge is -2.06. The molecule has 0 aliphatic carbocycles. The second-order valence-electron chi connectivity index (χ2n) is 5.30. The van der Waals surface area contributed by atoms with Gasteiger partial charge in [0.2, 0.25) is 0 Å². The van der Waals surface area contributed by atoms with Crippen molar-refractivity contribution < 1.29 is 13.9 Å². The van der Waals surface area contributed by atoms with Gasteiger partial charge in [-0.1, -0.05) is 41.9 Å².